The zero-order valence-electron chi connectivity index (χ0n) is 20.5. The van der Waals surface area contributed by atoms with E-state index >= 15 is 0 Å². The van der Waals surface area contributed by atoms with Crippen LogP contribution in [-0.2, 0) is 17.9 Å². The highest BCUT2D eigenvalue weighted by molar-refractivity contribution is 7.07. The zero-order chi connectivity index (χ0) is 25.2. The summed E-state index contributed by atoms with van der Waals surface area (Å²) in [5.41, 5.74) is 3.58. The molecule has 1 unspecified atom stereocenters. The molecule has 0 radical (unpaired) electrons. The number of anilines is 1. The van der Waals surface area contributed by atoms with Gasteiger partial charge in [0.05, 0.1) is 36.4 Å². The molecule has 2 aliphatic heterocycles. The Balaban J connectivity index is 1.33. The molecule has 7 nitrogen and oxygen atoms in total. The second kappa shape index (κ2) is 10.1. The van der Waals surface area contributed by atoms with E-state index in [2.05, 4.69) is 10.3 Å². The first-order valence-electron chi connectivity index (χ1n) is 12.1. The van der Waals surface area contributed by atoms with Gasteiger partial charge in [-0.15, -0.1) is 0 Å². The number of thiophene rings is 1. The van der Waals surface area contributed by atoms with Crippen molar-refractivity contribution in [3.63, 3.8) is 0 Å². The maximum atomic E-state index is 13.5. The molecule has 2 aromatic carbocycles. The Bertz CT molecular complexity index is 1270. The van der Waals surface area contributed by atoms with E-state index < -0.39 is 0 Å². The lowest BCUT2D eigenvalue weighted by Crippen LogP contribution is -2.44. The first-order valence-corrected chi connectivity index (χ1v) is 13.0. The Morgan fingerprint density at radius 1 is 1.08 bits per heavy atom. The SMILES string of the molecule is COc1ccc(CN2C(=O)c3cccc(N4CCCC(C(=O)N(C)Cc5ccsc5)C4)c3C2=O)cc1. The highest BCUT2D eigenvalue weighted by atomic mass is 32.1. The minimum atomic E-state index is -0.288. The summed E-state index contributed by atoms with van der Waals surface area (Å²) in [6.07, 6.45) is 1.67. The molecule has 3 amide bonds. The smallest absolute Gasteiger partial charge is 0.263 e. The quantitative estimate of drug-likeness (QED) is 0.446. The maximum absolute atomic E-state index is 13.5. The number of methoxy groups -OCH3 is 1. The van der Waals surface area contributed by atoms with Crippen LogP contribution < -0.4 is 9.64 Å². The average molecular weight is 504 g/mol. The number of fused-ring (bicyclic) bond motifs is 1. The lowest BCUT2D eigenvalue weighted by molar-refractivity contribution is -0.135. The van der Waals surface area contributed by atoms with Gasteiger partial charge in [-0.3, -0.25) is 19.3 Å². The second-order valence-electron chi connectivity index (χ2n) is 9.36. The van der Waals surface area contributed by atoms with Gasteiger partial charge >= 0.3 is 0 Å². The molecule has 0 spiro atoms. The van der Waals surface area contributed by atoms with Crippen LogP contribution in [0, 0.1) is 5.92 Å². The number of hydrogen-bond donors (Lipinski definition) is 0. The van der Waals surface area contributed by atoms with Gasteiger partial charge in [-0.1, -0.05) is 18.2 Å². The molecule has 36 heavy (non-hydrogen) atoms. The number of imide groups is 1. The van der Waals surface area contributed by atoms with E-state index in [0.29, 0.717) is 24.2 Å². The van der Waals surface area contributed by atoms with Crippen LogP contribution in [0.5, 0.6) is 5.75 Å². The van der Waals surface area contributed by atoms with Crippen molar-refractivity contribution in [3.05, 3.63) is 81.5 Å². The lowest BCUT2D eigenvalue weighted by Gasteiger charge is -2.36. The topological polar surface area (TPSA) is 70.2 Å². The Morgan fingerprint density at radius 2 is 1.89 bits per heavy atom. The van der Waals surface area contributed by atoms with Crippen molar-refractivity contribution in [1.82, 2.24) is 9.80 Å². The summed E-state index contributed by atoms with van der Waals surface area (Å²) >= 11 is 1.63. The zero-order valence-corrected chi connectivity index (χ0v) is 21.3. The highest BCUT2D eigenvalue weighted by Gasteiger charge is 2.39. The maximum Gasteiger partial charge on any atom is 0.263 e. The fourth-order valence-corrected chi connectivity index (χ4v) is 5.74. The number of nitrogens with zero attached hydrogens (tertiary/aromatic N) is 3. The molecule has 0 saturated carbocycles. The van der Waals surface area contributed by atoms with Crippen LogP contribution in [0.1, 0.15) is 44.7 Å². The van der Waals surface area contributed by atoms with Crippen molar-refractivity contribution < 1.29 is 19.1 Å². The second-order valence-corrected chi connectivity index (χ2v) is 10.1. The Hall–Kier alpha value is -3.65. The molecule has 186 valence electrons. The van der Waals surface area contributed by atoms with Crippen molar-refractivity contribution in [1.29, 1.82) is 0 Å². The van der Waals surface area contributed by atoms with E-state index in [1.807, 2.05) is 54.9 Å². The van der Waals surface area contributed by atoms with Gasteiger partial charge in [-0.25, -0.2) is 0 Å². The molecular formula is C28H29N3O4S. The summed E-state index contributed by atoms with van der Waals surface area (Å²) in [4.78, 5) is 45.1. The normalized spacial score (nSPS) is 17.3. The van der Waals surface area contributed by atoms with Crippen molar-refractivity contribution in [2.45, 2.75) is 25.9 Å². The lowest BCUT2D eigenvalue weighted by atomic mass is 9.95. The summed E-state index contributed by atoms with van der Waals surface area (Å²) in [7, 11) is 3.44. The van der Waals surface area contributed by atoms with Gasteiger partial charge in [-0.2, -0.15) is 11.3 Å². The molecule has 5 rings (SSSR count). The molecule has 3 aromatic rings. The predicted octanol–water partition coefficient (Wildman–Crippen LogP) is 4.43. The fourth-order valence-electron chi connectivity index (χ4n) is 5.08. The van der Waals surface area contributed by atoms with Gasteiger partial charge in [0.2, 0.25) is 5.91 Å². The van der Waals surface area contributed by atoms with E-state index in [1.54, 1.807) is 29.4 Å². The van der Waals surface area contributed by atoms with Crippen LogP contribution in [0.2, 0.25) is 0 Å². The number of piperidine rings is 1. The molecule has 1 saturated heterocycles. The van der Waals surface area contributed by atoms with Gasteiger partial charge in [0.15, 0.2) is 0 Å². The third-order valence-corrected chi connectivity index (χ3v) is 7.70. The van der Waals surface area contributed by atoms with Gasteiger partial charge < -0.3 is 14.5 Å². The summed E-state index contributed by atoms with van der Waals surface area (Å²) in [6.45, 7) is 2.06. The molecule has 1 atom stereocenters. The van der Waals surface area contributed by atoms with E-state index in [-0.39, 0.29) is 30.2 Å². The van der Waals surface area contributed by atoms with Crippen molar-refractivity contribution in [2.24, 2.45) is 5.92 Å². The van der Waals surface area contributed by atoms with E-state index in [1.165, 1.54) is 4.90 Å². The number of carbonyl (C=O) groups is 3. The number of amides is 3. The van der Waals surface area contributed by atoms with E-state index in [4.69, 9.17) is 4.74 Å². The highest BCUT2D eigenvalue weighted by Crippen LogP contribution is 2.35. The fraction of sp³-hybridized carbons (Fsp3) is 0.321. The first-order chi connectivity index (χ1) is 17.5. The summed E-state index contributed by atoms with van der Waals surface area (Å²) in [5.74, 6) is 0.110. The Kier molecular flexibility index (Phi) is 6.78. The van der Waals surface area contributed by atoms with Crippen molar-refractivity contribution in [2.75, 3.05) is 32.1 Å². The third-order valence-electron chi connectivity index (χ3n) is 6.96. The van der Waals surface area contributed by atoms with Crippen LogP contribution >= 0.6 is 11.3 Å². The molecule has 0 aliphatic carbocycles. The van der Waals surface area contributed by atoms with E-state index in [9.17, 15) is 14.4 Å². The van der Waals surface area contributed by atoms with Crippen molar-refractivity contribution >= 4 is 34.7 Å². The minimum Gasteiger partial charge on any atom is -0.497 e. The van der Waals surface area contributed by atoms with E-state index in [0.717, 1.165) is 42.0 Å². The number of ether oxygens (including phenoxy) is 1. The summed E-state index contributed by atoms with van der Waals surface area (Å²) in [6, 6.07) is 14.8. The number of benzene rings is 2. The van der Waals surface area contributed by atoms with Gasteiger partial charge in [0.1, 0.15) is 5.75 Å². The molecule has 3 heterocycles. The molecule has 0 N–H and O–H groups in total. The summed E-state index contributed by atoms with van der Waals surface area (Å²) < 4.78 is 5.20. The number of rotatable bonds is 7. The molecule has 0 bridgehead atoms. The van der Waals surface area contributed by atoms with Crippen LogP contribution in [-0.4, -0.2) is 54.8 Å². The molecular weight excluding hydrogens is 474 g/mol. The largest absolute Gasteiger partial charge is 0.497 e. The molecule has 1 aromatic heterocycles. The standard InChI is InChI=1S/C28H29N3O4S/c1-29(15-20-12-14-36-18-20)26(32)21-5-4-13-30(17-21)24-7-3-6-23-25(24)28(34)31(27(23)33)16-19-8-10-22(35-2)11-9-19/h3,6-12,14,18,21H,4-5,13,15-17H2,1-2H3. The van der Waals surface area contributed by atoms with Crippen molar-refractivity contribution in [3.8, 4) is 5.75 Å². The molecule has 1 fully saturated rings. The van der Waals surface area contributed by atoms with Crippen LogP contribution in [0.25, 0.3) is 0 Å². The van der Waals surface area contributed by atoms with Crippen LogP contribution in [0.3, 0.4) is 0 Å². The number of carbonyl (C=O) groups excluding carboxylic acids is 3. The molecule has 8 heteroatoms. The monoisotopic (exact) mass is 503 g/mol. The predicted molar refractivity (Wildman–Crippen MR) is 139 cm³/mol. The summed E-state index contributed by atoms with van der Waals surface area (Å²) in [5, 5.41) is 4.08. The number of hydrogen-bond acceptors (Lipinski definition) is 6. The van der Waals surface area contributed by atoms with Crippen LogP contribution in [0.15, 0.2) is 59.3 Å². The van der Waals surface area contributed by atoms with Gasteiger partial charge in [0.25, 0.3) is 11.8 Å². The van der Waals surface area contributed by atoms with Gasteiger partial charge in [-0.05, 0) is 65.1 Å². The Morgan fingerprint density at radius 3 is 2.61 bits per heavy atom. The molecule has 2 aliphatic rings. The first kappa shape index (κ1) is 24.1. The van der Waals surface area contributed by atoms with Gasteiger partial charge in [0, 0.05) is 26.7 Å². The minimum absolute atomic E-state index is 0.113. The average Bonchev–Trinajstić information content (AvgIpc) is 3.51. The third kappa shape index (κ3) is 4.60. The van der Waals surface area contributed by atoms with Crippen LogP contribution in [0.4, 0.5) is 5.69 Å². The Labute approximate surface area is 214 Å².